The normalized spacial score (nSPS) is 10.6. The number of ether oxygens (including phenoxy) is 1. The lowest BCUT2D eigenvalue weighted by molar-refractivity contribution is -0.385. The van der Waals surface area contributed by atoms with Gasteiger partial charge in [0.1, 0.15) is 12.4 Å². The molecule has 0 aliphatic heterocycles. The van der Waals surface area contributed by atoms with Gasteiger partial charge in [0.25, 0.3) is 11.6 Å². The largest absolute Gasteiger partial charge is 0.492 e. The van der Waals surface area contributed by atoms with Crippen LogP contribution in [0.3, 0.4) is 0 Å². The van der Waals surface area contributed by atoms with Crippen LogP contribution in [0, 0.1) is 17.0 Å². The molecular weight excluding hydrogens is 334 g/mol. The van der Waals surface area contributed by atoms with E-state index in [1.165, 1.54) is 18.2 Å². The number of carbonyl (C=O) groups excluding carboxylic acids is 1. The summed E-state index contributed by atoms with van der Waals surface area (Å²) in [4.78, 5) is 24.7. The Bertz CT molecular complexity index is 790. The topological polar surface area (TPSA) is 84.7 Å². The van der Waals surface area contributed by atoms with E-state index in [1.807, 2.05) is 43.3 Å². The van der Waals surface area contributed by atoms with Crippen molar-refractivity contribution in [1.82, 2.24) is 10.2 Å². The molecule has 0 bridgehead atoms. The highest BCUT2D eigenvalue weighted by Crippen LogP contribution is 2.19. The molecule has 7 heteroatoms. The molecule has 7 nitrogen and oxygen atoms in total. The average molecular weight is 357 g/mol. The van der Waals surface area contributed by atoms with Crippen molar-refractivity contribution in [2.24, 2.45) is 0 Å². The van der Waals surface area contributed by atoms with Crippen LogP contribution in [0.4, 0.5) is 5.69 Å². The minimum Gasteiger partial charge on any atom is -0.492 e. The molecule has 0 spiro atoms. The van der Waals surface area contributed by atoms with Crippen molar-refractivity contribution in [2.75, 3.05) is 27.2 Å². The Hall–Kier alpha value is -2.93. The van der Waals surface area contributed by atoms with Gasteiger partial charge in [-0.1, -0.05) is 12.1 Å². The van der Waals surface area contributed by atoms with Crippen LogP contribution in [-0.2, 0) is 6.54 Å². The molecule has 26 heavy (non-hydrogen) atoms. The van der Waals surface area contributed by atoms with Gasteiger partial charge in [-0.15, -0.1) is 0 Å². The lowest BCUT2D eigenvalue weighted by Crippen LogP contribution is -2.23. The summed E-state index contributed by atoms with van der Waals surface area (Å²) in [6.45, 7) is 3.37. The van der Waals surface area contributed by atoms with Crippen LogP contribution in [0.5, 0.6) is 5.75 Å². The van der Waals surface area contributed by atoms with Crippen molar-refractivity contribution in [3.8, 4) is 5.75 Å². The van der Waals surface area contributed by atoms with Gasteiger partial charge in [0.05, 0.1) is 4.92 Å². The molecule has 0 heterocycles. The Labute approximate surface area is 152 Å². The molecular formula is C19H23N3O4. The number of carbonyl (C=O) groups is 1. The molecule has 2 aromatic rings. The Morgan fingerprint density at radius 2 is 2.00 bits per heavy atom. The molecule has 0 aliphatic carbocycles. The van der Waals surface area contributed by atoms with Crippen LogP contribution in [0.2, 0.25) is 0 Å². The number of amides is 1. The highest BCUT2D eigenvalue weighted by Gasteiger charge is 2.13. The summed E-state index contributed by atoms with van der Waals surface area (Å²) in [6, 6.07) is 11.9. The fourth-order valence-corrected chi connectivity index (χ4v) is 2.38. The first kappa shape index (κ1) is 19.4. The van der Waals surface area contributed by atoms with Crippen molar-refractivity contribution in [3.05, 3.63) is 69.3 Å². The van der Waals surface area contributed by atoms with E-state index in [2.05, 4.69) is 5.32 Å². The van der Waals surface area contributed by atoms with Crippen molar-refractivity contribution in [3.63, 3.8) is 0 Å². The number of hydrogen-bond acceptors (Lipinski definition) is 5. The standard InChI is InChI=1S/C19H23N3O4/c1-14-11-16(7-8-18(14)22(24)25)19(23)20-13-15-5-4-6-17(12-15)26-10-9-21(2)3/h4-8,11-12H,9-10,13H2,1-3H3,(H,20,23). The summed E-state index contributed by atoms with van der Waals surface area (Å²) in [5.41, 5.74) is 1.77. The van der Waals surface area contributed by atoms with Gasteiger partial charge in [0.15, 0.2) is 0 Å². The fraction of sp³-hybridized carbons (Fsp3) is 0.316. The summed E-state index contributed by atoms with van der Waals surface area (Å²) in [5.74, 6) is 0.478. The van der Waals surface area contributed by atoms with E-state index in [0.717, 1.165) is 17.9 Å². The highest BCUT2D eigenvalue weighted by atomic mass is 16.6. The van der Waals surface area contributed by atoms with E-state index < -0.39 is 4.92 Å². The molecule has 2 rings (SSSR count). The Balaban J connectivity index is 1.95. The van der Waals surface area contributed by atoms with Crippen LogP contribution in [0.1, 0.15) is 21.5 Å². The van der Waals surface area contributed by atoms with Gasteiger partial charge >= 0.3 is 0 Å². The Kier molecular flexibility index (Phi) is 6.68. The Morgan fingerprint density at radius 1 is 1.23 bits per heavy atom. The van der Waals surface area contributed by atoms with E-state index in [1.54, 1.807) is 6.92 Å². The zero-order valence-corrected chi connectivity index (χ0v) is 15.2. The number of nitrogens with zero attached hydrogens (tertiary/aromatic N) is 2. The maximum Gasteiger partial charge on any atom is 0.272 e. The van der Waals surface area contributed by atoms with Gasteiger partial charge < -0.3 is 15.0 Å². The number of nitrogens with one attached hydrogen (secondary N) is 1. The summed E-state index contributed by atoms with van der Waals surface area (Å²) < 4.78 is 5.68. The third-order valence-electron chi connectivity index (χ3n) is 3.81. The van der Waals surface area contributed by atoms with E-state index in [-0.39, 0.29) is 11.6 Å². The molecule has 1 amide bonds. The van der Waals surface area contributed by atoms with Crippen LogP contribution in [0.15, 0.2) is 42.5 Å². The number of nitro benzene ring substituents is 1. The second-order valence-electron chi connectivity index (χ2n) is 6.24. The predicted molar refractivity (Wildman–Crippen MR) is 99.5 cm³/mol. The number of aryl methyl sites for hydroxylation is 1. The molecule has 0 radical (unpaired) electrons. The average Bonchev–Trinajstić information content (AvgIpc) is 2.59. The monoisotopic (exact) mass is 357 g/mol. The lowest BCUT2D eigenvalue weighted by Gasteiger charge is -2.12. The first-order chi connectivity index (χ1) is 12.4. The molecule has 0 fully saturated rings. The lowest BCUT2D eigenvalue weighted by atomic mass is 10.1. The zero-order valence-electron chi connectivity index (χ0n) is 15.2. The van der Waals surface area contributed by atoms with Gasteiger partial charge in [-0.3, -0.25) is 14.9 Å². The Morgan fingerprint density at radius 3 is 2.65 bits per heavy atom. The number of likely N-dealkylation sites (N-methyl/N-ethyl adjacent to an activating group) is 1. The molecule has 0 aromatic heterocycles. The van der Waals surface area contributed by atoms with Crippen LogP contribution >= 0.6 is 0 Å². The minimum absolute atomic E-state index is 0.00382. The molecule has 0 saturated carbocycles. The molecule has 0 saturated heterocycles. The molecule has 0 atom stereocenters. The third kappa shape index (κ3) is 5.56. The van der Waals surface area contributed by atoms with Crippen LogP contribution < -0.4 is 10.1 Å². The van der Waals surface area contributed by atoms with E-state index in [4.69, 9.17) is 4.74 Å². The second kappa shape index (κ2) is 8.96. The van der Waals surface area contributed by atoms with Gasteiger partial charge in [0, 0.05) is 30.3 Å². The van der Waals surface area contributed by atoms with E-state index >= 15 is 0 Å². The minimum atomic E-state index is -0.460. The molecule has 0 unspecified atom stereocenters. The maximum absolute atomic E-state index is 12.3. The van der Waals surface area contributed by atoms with Crippen molar-refractivity contribution >= 4 is 11.6 Å². The van der Waals surface area contributed by atoms with Crippen molar-refractivity contribution in [2.45, 2.75) is 13.5 Å². The first-order valence-corrected chi connectivity index (χ1v) is 8.26. The van der Waals surface area contributed by atoms with E-state index in [0.29, 0.717) is 24.3 Å². The molecule has 138 valence electrons. The molecule has 2 aromatic carbocycles. The van der Waals surface area contributed by atoms with Crippen LogP contribution in [0.25, 0.3) is 0 Å². The maximum atomic E-state index is 12.3. The van der Waals surface area contributed by atoms with Gasteiger partial charge in [-0.05, 0) is 50.8 Å². The summed E-state index contributed by atoms with van der Waals surface area (Å²) in [5, 5.41) is 13.7. The SMILES string of the molecule is Cc1cc(C(=O)NCc2cccc(OCCN(C)C)c2)ccc1[N+](=O)[O-]. The second-order valence-corrected chi connectivity index (χ2v) is 6.24. The van der Waals surface area contributed by atoms with Gasteiger partial charge in [-0.25, -0.2) is 0 Å². The highest BCUT2D eigenvalue weighted by molar-refractivity contribution is 5.94. The number of hydrogen-bond donors (Lipinski definition) is 1. The quantitative estimate of drug-likeness (QED) is 0.580. The third-order valence-corrected chi connectivity index (χ3v) is 3.81. The van der Waals surface area contributed by atoms with Crippen molar-refractivity contribution < 1.29 is 14.5 Å². The molecule has 1 N–H and O–H groups in total. The van der Waals surface area contributed by atoms with Crippen molar-refractivity contribution in [1.29, 1.82) is 0 Å². The molecule has 0 aliphatic rings. The first-order valence-electron chi connectivity index (χ1n) is 8.26. The van der Waals surface area contributed by atoms with Gasteiger partial charge in [-0.2, -0.15) is 0 Å². The van der Waals surface area contributed by atoms with E-state index in [9.17, 15) is 14.9 Å². The zero-order chi connectivity index (χ0) is 19.1. The smallest absolute Gasteiger partial charge is 0.272 e. The van der Waals surface area contributed by atoms with Crippen LogP contribution in [-0.4, -0.2) is 43.0 Å². The number of benzene rings is 2. The fourth-order valence-electron chi connectivity index (χ4n) is 2.38. The predicted octanol–water partition coefficient (Wildman–Crippen LogP) is 2.77. The summed E-state index contributed by atoms with van der Waals surface area (Å²) in [7, 11) is 3.96. The van der Waals surface area contributed by atoms with Gasteiger partial charge in [0.2, 0.25) is 0 Å². The number of rotatable bonds is 8. The summed E-state index contributed by atoms with van der Waals surface area (Å²) in [6.07, 6.45) is 0. The summed E-state index contributed by atoms with van der Waals surface area (Å²) >= 11 is 0. The number of nitro groups is 1.